The van der Waals surface area contributed by atoms with Crippen LogP contribution in [-0.4, -0.2) is 58.2 Å². The number of carboxylic acids is 1. The van der Waals surface area contributed by atoms with Gasteiger partial charge in [-0.25, -0.2) is 4.79 Å². The number of aromatic carboxylic acids is 1. The molecule has 1 aromatic rings. The Kier molecular flexibility index (Phi) is 4.88. The number of fused-ring (bicyclic) bond motifs is 1. The van der Waals surface area contributed by atoms with E-state index in [4.69, 9.17) is 4.74 Å². The molecule has 1 saturated heterocycles. The van der Waals surface area contributed by atoms with Gasteiger partial charge in [-0.15, -0.1) is 11.3 Å². The zero-order valence-corrected chi connectivity index (χ0v) is 14.3. The standard InChI is InChI=1S/C14H12N2O7S2/c17-5-8(18)15-12-10(13(20)21)6-1-2-23-7(11(6)25-12)3-16-4-9(19)24-14(16)22/h5,7H,1-4H2,(H,15,18)(H,20,21). The van der Waals surface area contributed by atoms with E-state index < -0.39 is 18.0 Å². The van der Waals surface area contributed by atoms with E-state index in [1.165, 1.54) is 4.90 Å². The zero-order chi connectivity index (χ0) is 18.1. The number of hydrogen-bond acceptors (Lipinski definition) is 8. The first kappa shape index (κ1) is 17.6. The Hall–Kier alpha value is -2.24. The first-order valence-electron chi connectivity index (χ1n) is 7.17. The number of rotatable bonds is 5. The molecule has 2 aliphatic heterocycles. The molecular weight excluding hydrogens is 372 g/mol. The van der Waals surface area contributed by atoms with Gasteiger partial charge in [-0.1, -0.05) is 0 Å². The SMILES string of the molecule is O=CC(=O)Nc1sc2c(c1C(=O)O)CCOC2CN1CC(=O)SC1=O. The van der Waals surface area contributed by atoms with Crippen LogP contribution in [0.15, 0.2) is 0 Å². The Morgan fingerprint density at radius 1 is 1.40 bits per heavy atom. The number of carboxylic acid groups (broad SMARTS) is 1. The summed E-state index contributed by atoms with van der Waals surface area (Å²) in [5.41, 5.74) is 0.447. The number of amides is 2. The van der Waals surface area contributed by atoms with E-state index in [2.05, 4.69) is 5.32 Å². The number of aldehydes is 1. The molecule has 1 unspecified atom stereocenters. The van der Waals surface area contributed by atoms with E-state index in [0.29, 0.717) is 28.6 Å². The second-order valence-electron chi connectivity index (χ2n) is 5.29. The highest BCUT2D eigenvalue weighted by Gasteiger charge is 2.36. The number of carbonyl (C=O) groups excluding carboxylic acids is 4. The normalized spacial score (nSPS) is 19.7. The van der Waals surface area contributed by atoms with Crippen molar-refractivity contribution in [3.05, 3.63) is 16.0 Å². The maximum absolute atomic E-state index is 11.8. The summed E-state index contributed by atoms with van der Waals surface area (Å²) >= 11 is 1.63. The predicted octanol–water partition coefficient (Wildman–Crippen LogP) is 0.893. The Labute approximate surface area is 149 Å². The second kappa shape index (κ2) is 6.94. The van der Waals surface area contributed by atoms with Crippen LogP contribution in [-0.2, 0) is 25.5 Å². The van der Waals surface area contributed by atoms with Crippen LogP contribution in [0.5, 0.6) is 0 Å². The Balaban J connectivity index is 1.92. The third kappa shape index (κ3) is 3.43. The molecule has 0 aliphatic carbocycles. The number of hydrogen-bond donors (Lipinski definition) is 2. The van der Waals surface area contributed by atoms with Gasteiger partial charge in [0.05, 0.1) is 25.3 Å². The van der Waals surface area contributed by atoms with Crippen molar-refractivity contribution < 1.29 is 33.8 Å². The van der Waals surface area contributed by atoms with E-state index in [0.717, 1.165) is 11.3 Å². The summed E-state index contributed by atoms with van der Waals surface area (Å²) in [6.07, 6.45) is -0.198. The van der Waals surface area contributed by atoms with Crippen LogP contribution in [0.25, 0.3) is 0 Å². The summed E-state index contributed by atoms with van der Waals surface area (Å²) in [5, 5.41) is 11.2. The summed E-state index contributed by atoms with van der Waals surface area (Å²) in [5.74, 6) is -2.17. The Bertz CT molecular complexity index is 788. The number of carbonyl (C=O) groups is 5. The fourth-order valence-electron chi connectivity index (χ4n) is 2.72. The fourth-order valence-corrected chi connectivity index (χ4v) is 4.68. The molecule has 9 nitrogen and oxygen atoms in total. The number of nitrogens with zero attached hydrogens (tertiary/aromatic N) is 1. The highest BCUT2D eigenvalue weighted by molar-refractivity contribution is 8.26. The molecule has 2 N–H and O–H groups in total. The molecule has 25 heavy (non-hydrogen) atoms. The summed E-state index contributed by atoms with van der Waals surface area (Å²) in [6.45, 7) is 0.342. The van der Waals surface area contributed by atoms with E-state index in [1.54, 1.807) is 0 Å². The minimum absolute atomic E-state index is 0.0232. The van der Waals surface area contributed by atoms with Gasteiger partial charge < -0.3 is 20.1 Å². The van der Waals surface area contributed by atoms with Gasteiger partial charge in [0, 0.05) is 16.6 Å². The van der Waals surface area contributed by atoms with Crippen molar-refractivity contribution in [3.63, 3.8) is 0 Å². The number of anilines is 1. The highest BCUT2D eigenvalue weighted by Crippen LogP contribution is 2.42. The van der Waals surface area contributed by atoms with Crippen LogP contribution in [0.4, 0.5) is 9.80 Å². The van der Waals surface area contributed by atoms with Crippen molar-refractivity contribution >= 4 is 56.6 Å². The molecule has 0 bridgehead atoms. The molecular formula is C14H12N2O7S2. The average molecular weight is 384 g/mol. The van der Waals surface area contributed by atoms with Gasteiger partial charge in [-0.3, -0.25) is 19.2 Å². The lowest BCUT2D eigenvalue weighted by Gasteiger charge is -2.26. The van der Waals surface area contributed by atoms with Crippen LogP contribution in [0.1, 0.15) is 26.9 Å². The molecule has 0 saturated carbocycles. The first-order valence-corrected chi connectivity index (χ1v) is 8.80. The number of ether oxygens (including phenoxy) is 1. The second-order valence-corrected chi connectivity index (χ2v) is 7.35. The van der Waals surface area contributed by atoms with Gasteiger partial charge in [0.2, 0.25) is 11.4 Å². The van der Waals surface area contributed by atoms with Gasteiger partial charge in [0.15, 0.2) is 0 Å². The van der Waals surface area contributed by atoms with Gasteiger partial charge >= 0.3 is 5.97 Å². The molecule has 1 fully saturated rings. The van der Waals surface area contributed by atoms with Crippen LogP contribution in [0, 0.1) is 0 Å². The lowest BCUT2D eigenvalue weighted by Crippen LogP contribution is -2.32. The maximum atomic E-state index is 11.8. The van der Waals surface area contributed by atoms with Crippen molar-refractivity contribution in [2.24, 2.45) is 0 Å². The van der Waals surface area contributed by atoms with Crippen LogP contribution >= 0.6 is 23.1 Å². The lowest BCUT2D eigenvalue weighted by atomic mass is 10.0. The van der Waals surface area contributed by atoms with Gasteiger partial charge in [-0.05, 0) is 12.0 Å². The van der Waals surface area contributed by atoms with Gasteiger partial charge in [-0.2, -0.15) is 0 Å². The van der Waals surface area contributed by atoms with Crippen LogP contribution in [0.3, 0.4) is 0 Å². The largest absolute Gasteiger partial charge is 0.478 e. The topological polar surface area (TPSA) is 130 Å². The average Bonchev–Trinajstić information content (AvgIpc) is 3.07. The molecule has 132 valence electrons. The third-order valence-electron chi connectivity index (χ3n) is 3.72. The van der Waals surface area contributed by atoms with Crippen LogP contribution < -0.4 is 5.32 Å². The van der Waals surface area contributed by atoms with Crippen LogP contribution in [0.2, 0.25) is 0 Å². The molecule has 2 aliphatic rings. The summed E-state index contributed by atoms with van der Waals surface area (Å²) in [4.78, 5) is 58.5. The van der Waals surface area contributed by atoms with Crippen molar-refractivity contribution in [3.8, 4) is 0 Å². The highest BCUT2D eigenvalue weighted by atomic mass is 32.2. The van der Waals surface area contributed by atoms with E-state index in [9.17, 15) is 29.1 Å². The monoisotopic (exact) mass is 384 g/mol. The van der Waals surface area contributed by atoms with Gasteiger partial charge in [0.25, 0.3) is 11.1 Å². The van der Waals surface area contributed by atoms with Crippen molar-refractivity contribution in [2.75, 3.05) is 25.0 Å². The summed E-state index contributed by atoms with van der Waals surface area (Å²) in [7, 11) is 0. The molecule has 11 heteroatoms. The van der Waals surface area contributed by atoms with Crippen molar-refractivity contribution in [1.29, 1.82) is 0 Å². The molecule has 2 amide bonds. The number of nitrogens with one attached hydrogen (secondary N) is 1. The Morgan fingerprint density at radius 2 is 2.16 bits per heavy atom. The van der Waals surface area contributed by atoms with Crippen molar-refractivity contribution in [2.45, 2.75) is 12.5 Å². The molecule has 0 spiro atoms. The smallest absolute Gasteiger partial charge is 0.339 e. The third-order valence-corrected chi connectivity index (χ3v) is 5.75. The zero-order valence-electron chi connectivity index (χ0n) is 12.6. The molecule has 3 heterocycles. The summed E-state index contributed by atoms with van der Waals surface area (Å²) < 4.78 is 5.65. The minimum Gasteiger partial charge on any atom is -0.478 e. The number of thiophene rings is 1. The van der Waals surface area contributed by atoms with Crippen molar-refractivity contribution in [1.82, 2.24) is 4.90 Å². The van der Waals surface area contributed by atoms with E-state index in [1.807, 2.05) is 0 Å². The first-order chi connectivity index (χ1) is 11.9. The quantitative estimate of drug-likeness (QED) is 0.565. The molecule has 0 radical (unpaired) electrons. The maximum Gasteiger partial charge on any atom is 0.339 e. The molecule has 1 aromatic heterocycles. The van der Waals surface area contributed by atoms with E-state index >= 15 is 0 Å². The fraction of sp³-hybridized carbons (Fsp3) is 0.357. The molecule has 1 atom stereocenters. The van der Waals surface area contributed by atoms with E-state index in [-0.39, 0.29) is 46.9 Å². The number of thioether (sulfide) groups is 1. The minimum atomic E-state index is -1.22. The summed E-state index contributed by atoms with van der Waals surface area (Å²) in [6, 6.07) is 0. The molecule has 0 aromatic carbocycles. The lowest BCUT2D eigenvalue weighted by molar-refractivity contribution is -0.127. The molecule has 3 rings (SSSR count). The Morgan fingerprint density at radius 3 is 2.76 bits per heavy atom. The predicted molar refractivity (Wildman–Crippen MR) is 87.9 cm³/mol. The van der Waals surface area contributed by atoms with Gasteiger partial charge in [0.1, 0.15) is 11.1 Å².